The van der Waals surface area contributed by atoms with Crippen LogP contribution in [-0.2, 0) is 0 Å². The second kappa shape index (κ2) is 9.37. The largest absolute Gasteiger partial charge is 0.309 e. The van der Waals surface area contributed by atoms with Gasteiger partial charge in [-0.3, -0.25) is 0 Å². The SMILES string of the molecule is c1ccc(-c2ccnc(-c3cccc(-n4c5ccccc5c5c6c7ccccc7c7ccccc7c6ccc54)c3)n2)cc1. The average molecular weight is 548 g/mol. The molecule has 0 saturated carbocycles. The lowest BCUT2D eigenvalue weighted by molar-refractivity contribution is 1.16. The van der Waals surface area contributed by atoms with E-state index < -0.39 is 0 Å². The van der Waals surface area contributed by atoms with Crippen LogP contribution in [0, 0.1) is 0 Å². The van der Waals surface area contributed by atoms with E-state index in [9.17, 15) is 0 Å². The van der Waals surface area contributed by atoms with Crippen molar-refractivity contribution >= 4 is 54.1 Å². The summed E-state index contributed by atoms with van der Waals surface area (Å²) in [7, 11) is 0. The standard InChI is InChI=1S/C40H25N3/c1-2-11-26(12-3-1)35-23-24-41-40(42-35)27-13-10-14-28(25-27)43-36-20-9-8-19-34(36)39-37(43)22-21-33-31-17-5-4-15-29(31)30-16-6-7-18-32(30)38(33)39/h1-25H. The fraction of sp³-hybridized carbons (Fsp3) is 0. The van der Waals surface area contributed by atoms with Crippen LogP contribution in [0.3, 0.4) is 0 Å². The summed E-state index contributed by atoms with van der Waals surface area (Å²) >= 11 is 0. The van der Waals surface area contributed by atoms with Crippen LogP contribution >= 0.6 is 0 Å². The molecule has 0 aliphatic rings. The molecular formula is C40H25N3. The van der Waals surface area contributed by atoms with Crippen LogP contribution in [0.5, 0.6) is 0 Å². The monoisotopic (exact) mass is 547 g/mol. The molecule has 0 saturated heterocycles. The van der Waals surface area contributed by atoms with Crippen molar-refractivity contribution in [1.82, 2.24) is 14.5 Å². The molecule has 0 fully saturated rings. The van der Waals surface area contributed by atoms with Crippen molar-refractivity contribution in [2.75, 3.05) is 0 Å². The molecule has 0 radical (unpaired) electrons. The van der Waals surface area contributed by atoms with Crippen LogP contribution < -0.4 is 0 Å². The molecule has 2 aromatic heterocycles. The molecule has 0 N–H and O–H groups in total. The second-order valence-corrected chi connectivity index (χ2v) is 11.0. The number of hydrogen-bond acceptors (Lipinski definition) is 2. The van der Waals surface area contributed by atoms with Crippen molar-refractivity contribution < 1.29 is 0 Å². The van der Waals surface area contributed by atoms with E-state index in [2.05, 4.69) is 131 Å². The molecule has 0 aliphatic carbocycles. The lowest BCUT2D eigenvalue weighted by Crippen LogP contribution is -1.96. The number of nitrogens with zero attached hydrogens (tertiary/aromatic N) is 3. The van der Waals surface area contributed by atoms with Gasteiger partial charge in [-0.25, -0.2) is 9.97 Å². The molecule has 200 valence electrons. The second-order valence-electron chi connectivity index (χ2n) is 11.0. The normalized spacial score (nSPS) is 11.7. The van der Waals surface area contributed by atoms with Gasteiger partial charge in [0.1, 0.15) is 0 Å². The third-order valence-corrected chi connectivity index (χ3v) is 8.63. The van der Waals surface area contributed by atoms with E-state index in [4.69, 9.17) is 4.98 Å². The first-order chi connectivity index (χ1) is 21.3. The van der Waals surface area contributed by atoms with Crippen molar-refractivity contribution in [3.05, 3.63) is 152 Å². The molecular weight excluding hydrogens is 522 g/mol. The summed E-state index contributed by atoms with van der Waals surface area (Å²) in [6, 6.07) is 51.8. The maximum absolute atomic E-state index is 4.94. The van der Waals surface area contributed by atoms with Crippen molar-refractivity contribution in [2.24, 2.45) is 0 Å². The van der Waals surface area contributed by atoms with Gasteiger partial charge in [-0.05, 0) is 57.3 Å². The van der Waals surface area contributed by atoms with E-state index in [-0.39, 0.29) is 0 Å². The van der Waals surface area contributed by atoms with E-state index >= 15 is 0 Å². The van der Waals surface area contributed by atoms with E-state index in [1.807, 2.05) is 30.5 Å². The molecule has 0 atom stereocenters. The van der Waals surface area contributed by atoms with Crippen LogP contribution in [0.15, 0.2) is 152 Å². The lowest BCUT2D eigenvalue weighted by Gasteiger charge is -2.13. The summed E-state index contributed by atoms with van der Waals surface area (Å²) in [4.78, 5) is 9.61. The number of para-hydroxylation sites is 1. The fourth-order valence-corrected chi connectivity index (χ4v) is 6.78. The van der Waals surface area contributed by atoms with Gasteiger partial charge >= 0.3 is 0 Å². The van der Waals surface area contributed by atoms with Gasteiger partial charge in [-0.2, -0.15) is 0 Å². The Morgan fingerprint density at radius 2 is 1.05 bits per heavy atom. The molecule has 2 heterocycles. The number of hydrogen-bond donors (Lipinski definition) is 0. The smallest absolute Gasteiger partial charge is 0.159 e. The maximum Gasteiger partial charge on any atom is 0.159 e. The molecule has 0 amide bonds. The van der Waals surface area contributed by atoms with Crippen LogP contribution in [0.2, 0.25) is 0 Å². The summed E-state index contributed by atoms with van der Waals surface area (Å²) in [5.41, 5.74) is 6.43. The Balaban J connectivity index is 1.33. The average Bonchev–Trinajstić information content (AvgIpc) is 3.43. The highest BCUT2D eigenvalue weighted by molar-refractivity contribution is 6.35. The zero-order chi connectivity index (χ0) is 28.3. The van der Waals surface area contributed by atoms with Crippen molar-refractivity contribution in [3.63, 3.8) is 0 Å². The highest BCUT2D eigenvalue weighted by Gasteiger charge is 2.18. The number of aromatic nitrogens is 3. The zero-order valence-corrected chi connectivity index (χ0v) is 23.3. The fourth-order valence-electron chi connectivity index (χ4n) is 6.78. The van der Waals surface area contributed by atoms with E-state index in [1.54, 1.807) is 0 Å². The molecule has 0 unspecified atom stereocenters. The Morgan fingerprint density at radius 3 is 1.84 bits per heavy atom. The summed E-state index contributed by atoms with van der Waals surface area (Å²) in [5.74, 6) is 0.715. The Morgan fingerprint density at radius 1 is 0.419 bits per heavy atom. The molecule has 0 bridgehead atoms. The number of fused-ring (bicyclic) bond motifs is 10. The predicted octanol–water partition coefficient (Wildman–Crippen LogP) is 10.4. The van der Waals surface area contributed by atoms with Gasteiger partial charge in [-0.15, -0.1) is 0 Å². The maximum atomic E-state index is 4.94. The molecule has 3 heteroatoms. The minimum Gasteiger partial charge on any atom is -0.309 e. The highest BCUT2D eigenvalue weighted by atomic mass is 15.0. The quantitative estimate of drug-likeness (QED) is 0.206. The first-order valence-corrected chi connectivity index (χ1v) is 14.6. The Kier molecular flexibility index (Phi) is 5.20. The minimum absolute atomic E-state index is 0.715. The zero-order valence-electron chi connectivity index (χ0n) is 23.3. The van der Waals surface area contributed by atoms with Gasteiger partial charge in [0.05, 0.1) is 16.7 Å². The molecule has 0 aliphatic heterocycles. The predicted molar refractivity (Wildman–Crippen MR) is 180 cm³/mol. The topological polar surface area (TPSA) is 30.7 Å². The van der Waals surface area contributed by atoms with Crippen molar-refractivity contribution in [3.8, 4) is 28.3 Å². The molecule has 3 nitrogen and oxygen atoms in total. The first kappa shape index (κ1) is 23.9. The molecule has 9 rings (SSSR count). The summed E-state index contributed by atoms with van der Waals surface area (Å²) in [6.07, 6.45) is 1.85. The van der Waals surface area contributed by atoms with Crippen LogP contribution in [0.25, 0.3) is 82.5 Å². The summed E-state index contributed by atoms with van der Waals surface area (Å²) in [6.45, 7) is 0. The van der Waals surface area contributed by atoms with Gasteiger partial charge in [0.15, 0.2) is 5.82 Å². The van der Waals surface area contributed by atoms with Crippen molar-refractivity contribution in [2.45, 2.75) is 0 Å². The Bertz CT molecular complexity index is 2470. The third-order valence-electron chi connectivity index (χ3n) is 8.63. The van der Waals surface area contributed by atoms with Crippen molar-refractivity contribution in [1.29, 1.82) is 0 Å². The van der Waals surface area contributed by atoms with E-state index in [1.165, 1.54) is 54.1 Å². The van der Waals surface area contributed by atoms with Gasteiger partial charge < -0.3 is 4.57 Å². The minimum atomic E-state index is 0.715. The van der Waals surface area contributed by atoms with Gasteiger partial charge in [-0.1, -0.05) is 115 Å². The first-order valence-electron chi connectivity index (χ1n) is 14.6. The number of rotatable bonds is 3. The lowest BCUT2D eigenvalue weighted by atomic mass is 9.92. The van der Waals surface area contributed by atoms with Crippen LogP contribution in [0.1, 0.15) is 0 Å². The molecule has 0 spiro atoms. The van der Waals surface area contributed by atoms with Crippen LogP contribution in [-0.4, -0.2) is 14.5 Å². The molecule has 7 aromatic carbocycles. The van der Waals surface area contributed by atoms with Gasteiger partial charge in [0.2, 0.25) is 0 Å². The van der Waals surface area contributed by atoms with Gasteiger partial charge in [0.25, 0.3) is 0 Å². The Labute approximate surface area is 248 Å². The van der Waals surface area contributed by atoms with Crippen LogP contribution in [0.4, 0.5) is 0 Å². The third kappa shape index (κ3) is 3.62. The van der Waals surface area contributed by atoms with E-state index in [0.717, 1.165) is 22.5 Å². The molecule has 9 aromatic rings. The molecule has 43 heavy (non-hydrogen) atoms. The summed E-state index contributed by atoms with van der Waals surface area (Å²) in [5, 5.41) is 10.3. The number of benzene rings is 7. The van der Waals surface area contributed by atoms with Gasteiger partial charge in [0, 0.05) is 39.2 Å². The summed E-state index contributed by atoms with van der Waals surface area (Å²) < 4.78 is 2.39. The Hall–Kier alpha value is -5.80. The van der Waals surface area contributed by atoms with E-state index in [0.29, 0.717) is 5.82 Å². The highest BCUT2D eigenvalue weighted by Crippen LogP contribution is 2.43.